The second-order valence-electron chi connectivity index (χ2n) is 4.92. The van der Waals surface area contributed by atoms with Gasteiger partial charge in [-0.05, 0) is 5.92 Å². The molecule has 0 saturated carbocycles. The van der Waals surface area contributed by atoms with Crippen LogP contribution in [0.4, 0.5) is 17.6 Å². The number of benzene rings is 1. The number of nitrogens with zero attached hydrogens (tertiary/aromatic N) is 2. The van der Waals surface area contributed by atoms with Gasteiger partial charge >= 0.3 is 0 Å². The quantitative estimate of drug-likeness (QED) is 0.681. The molecule has 118 valence electrons. The lowest BCUT2D eigenvalue weighted by atomic mass is 10.1. The second kappa shape index (κ2) is 6.59. The van der Waals surface area contributed by atoms with Crippen molar-refractivity contribution < 1.29 is 22.4 Å². The Hall–Kier alpha value is -2.38. The van der Waals surface area contributed by atoms with Gasteiger partial charge in [0.15, 0.2) is 23.3 Å². The summed E-state index contributed by atoms with van der Waals surface area (Å²) in [6, 6.07) is 0.0586. The van der Waals surface area contributed by atoms with E-state index in [4.69, 9.17) is 0 Å². The van der Waals surface area contributed by atoms with Crippen LogP contribution in [0.5, 0.6) is 0 Å². The minimum Gasteiger partial charge on any atom is -0.352 e. The van der Waals surface area contributed by atoms with Gasteiger partial charge in [-0.1, -0.05) is 6.92 Å². The molecule has 1 aromatic heterocycles. The lowest BCUT2D eigenvalue weighted by Gasteiger charge is -2.14. The maximum atomic E-state index is 13.5. The third-order valence-electron chi connectivity index (χ3n) is 3.03. The minimum absolute atomic E-state index is 0.0586. The predicted molar refractivity (Wildman–Crippen MR) is 70.0 cm³/mol. The van der Waals surface area contributed by atoms with E-state index in [1.807, 2.05) is 0 Å². The van der Waals surface area contributed by atoms with Crippen LogP contribution < -0.4 is 5.32 Å². The number of hydrogen-bond acceptors (Lipinski definition) is 2. The fourth-order valence-electron chi connectivity index (χ4n) is 1.95. The largest absolute Gasteiger partial charge is 0.352 e. The number of imidazole rings is 1. The Kier molecular flexibility index (Phi) is 4.79. The maximum absolute atomic E-state index is 13.5. The zero-order valence-electron chi connectivity index (χ0n) is 11.6. The number of hydrogen-bond donors (Lipinski definition) is 1. The van der Waals surface area contributed by atoms with Crippen LogP contribution in [0.3, 0.4) is 0 Å². The van der Waals surface area contributed by atoms with Gasteiger partial charge in [-0.2, -0.15) is 0 Å². The molecule has 0 fully saturated rings. The first-order chi connectivity index (χ1) is 10.4. The Bertz CT molecular complexity index is 647. The fraction of sp³-hybridized carbons (Fsp3) is 0.286. The molecule has 1 heterocycles. The summed E-state index contributed by atoms with van der Waals surface area (Å²) in [6.07, 6.45) is 4.89. The average Bonchev–Trinajstić information content (AvgIpc) is 2.96. The molecular weight excluding hydrogens is 302 g/mol. The zero-order chi connectivity index (χ0) is 16.3. The summed E-state index contributed by atoms with van der Waals surface area (Å²) < 4.78 is 54.8. The van der Waals surface area contributed by atoms with Gasteiger partial charge < -0.3 is 9.88 Å². The molecule has 0 aliphatic carbocycles. The van der Waals surface area contributed by atoms with E-state index < -0.39 is 34.7 Å². The van der Waals surface area contributed by atoms with Gasteiger partial charge in [-0.15, -0.1) is 0 Å². The molecule has 1 N–H and O–H groups in total. The Morgan fingerprint density at radius 1 is 1.27 bits per heavy atom. The number of halogens is 4. The van der Waals surface area contributed by atoms with Crippen molar-refractivity contribution in [3.05, 3.63) is 53.6 Å². The van der Waals surface area contributed by atoms with Gasteiger partial charge in [0.1, 0.15) is 5.56 Å². The van der Waals surface area contributed by atoms with Crippen molar-refractivity contribution in [1.82, 2.24) is 14.9 Å². The molecule has 22 heavy (non-hydrogen) atoms. The molecule has 8 heteroatoms. The molecule has 0 unspecified atom stereocenters. The fourth-order valence-corrected chi connectivity index (χ4v) is 1.95. The summed E-state index contributed by atoms with van der Waals surface area (Å²) >= 11 is 0. The van der Waals surface area contributed by atoms with E-state index >= 15 is 0 Å². The zero-order valence-corrected chi connectivity index (χ0v) is 11.6. The van der Waals surface area contributed by atoms with Crippen LogP contribution in [0.2, 0.25) is 0 Å². The highest BCUT2D eigenvalue weighted by molar-refractivity contribution is 5.94. The number of nitrogens with one attached hydrogen (secondary N) is 1. The first-order valence-corrected chi connectivity index (χ1v) is 6.47. The first kappa shape index (κ1) is 16.0. The smallest absolute Gasteiger partial charge is 0.257 e. The minimum atomic E-state index is -1.71. The van der Waals surface area contributed by atoms with Crippen molar-refractivity contribution >= 4 is 5.91 Å². The van der Waals surface area contributed by atoms with Crippen molar-refractivity contribution in [3.8, 4) is 0 Å². The van der Waals surface area contributed by atoms with Crippen molar-refractivity contribution in [2.75, 3.05) is 6.54 Å². The van der Waals surface area contributed by atoms with Crippen LogP contribution >= 0.6 is 0 Å². The molecule has 0 saturated heterocycles. The highest BCUT2D eigenvalue weighted by Crippen LogP contribution is 2.19. The maximum Gasteiger partial charge on any atom is 0.257 e. The number of amides is 1. The standard InChI is InChI=1S/C14H13F4N3O/c1-8(6-21-3-2-19-7-21)5-20-14(22)11-12(17)9(15)4-10(16)13(11)18/h2-4,7-8H,5-6H2,1H3,(H,20,22)/t8-/m0/s1. The Labute approximate surface area is 123 Å². The lowest BCUT2D eigenvalue weighted by molar-refractivity contribution is 0.0936. The number of aromatic nitrogens is 2. The van der Waals surface area contributed by atoms with Crippen molar-refractivity contribution in [2.24, 2.45) is 5.92 Å². The van der Waals surface area contributed by atoms with Crippen LogP contribution in [0.25, 0.3) is 0 Å². The molecular formula is C14H13F4N3O. The molecule has 0 spiro atoms. The molecule has 0 bridgehead atoms. The molecule has 1 aromatic carbocycles. The number of carbonyl (C=O) groups is 1. The Morgan fingerprint density at radius 3 is 2.45 bits per heavy atom. The van der Waals surface area contributed by atoms with E-state index in [0.29, 0.717) is 6.54 Å². The van der Waals surface area contributed by atoms with Crippen molar-refractivity contribution in [1.29, 1.82) is 0 Å². The molecule has 2 rings (SSSR count). The highest BCUT2D eigenvalue weighted by atomic mass is 19.2. The van der Waals surface area contributed by atoms with Crippen molar-refractivity contribution in [3.63, 3.8) is 0 Å². The van der Waals surface area contributed by atoms with E-state index in [2.05, 4.69) is 10.3 Å². The first-order valence-electron chi connectivity index (χ1n) is 6.47. The van der Waals surface area contributed by atoms with E-state index in [1.54, 1.807) is 30.2 Å². The van der Waals surface area contributed by atoms with Gasteiger partial charge in [-0.25, -0.2) is 22.5 Å². The van der Waals surface area contributed by atoms with Crippen molar-refractivity contribution in [2.45, 2.75) is 13.5 Å². The normalized spacial score (nSPS) is 12.2. The molecule has 0 radical (unpaired) electrons. The molecule has 1 atom stereocenters. The summed E-state index contributed by atoms with van der Waals surface area (Å²) in [5.74, 6) is -7.93. The Balaban J connectivity index is 2.04. The number of carbonyl (C=O) groups excluding carboxylic acids is 1. The second-order valence-corrected chi connectivity index (χ2v) is 4.92. The van der Waals surface area contributed by atoms with Crippen LogP contribution in [-0.2, 0) is 6.54 Å². The summed E-state index contributed by atoms with van der Waals surface area (Å²) in [6.45, 7) is 2.38. The van der Waals surface area contributed by atoms with Gasteiger partial charge in [0, 0.05) is 31.5 Å². The number of rotatable bonds is 5. The van der Waals surface area contributed by atoms with Gasteiger partial charge in [0.2, 0.25) is 0 Å². The molecule has 0 aliphatic rings. The third-order valence-corrected chi connectivity index (χ3v) is 3.03. The summed E-state index contributed by atoms with van der Waals surface area (Å²) in [5.41, 5.74) is -1.26. The summed E-state index contributed by atoms with van der Waals surface area (Å²) in [7, 11) is 0. The Morgan fingerprint density at radius 2 is 1.91 bits per heavy atom. The van der Waals surface area contributed by atoms with Gasteiger partial charge in [-0.3, -0.25) is 4.79 Å². The van der Waals surface area contributed by atoms with Crippen LogP contribution in [-0.4, -0.2) is 22.0 Å². The van der Waals surface area contributed by atoms with E-state index in [1.165, 1.54) is 0 Å². The highest BCUT2D eigenvalue weighted by Gasteiger charge is 2.24. The SMILES string of the molecule is C[C@@H](CNC(=O)c1c(F)c(F)cc(F)c1F)Cn1ccnc1. The average molecular weight is 315 g/mol. The summed E-state index contributed by atoms with van der Waals surface area (Å²) in [4.78, 5) is 15.6. The molecule has 2 aromatic rings. The van der Waals surface area contributed by atoms with E-state index in [-0.39, 0.29) is 18.5 Å². The monoisotopic (exact) mass is 315 g/mol. The summed E-state index contributed by atoms with van der Waals surface area (Å²) in [5, 5.41) is 2.26. The third kappa shape index (κ3) is 3.44. The van der Waals surface area contributed by atoms with Crippen LogP contribution in [0.1, 0.15) is 17.3 Å². The van der Waals surface area contributed by atoms with Gasteiger partial charge in [0.05, 0.1) is 6.33 Å². The topological polar surface area (TPSA) is 46.9 Å². The van der Waals surface area contributed by atoms with Gasteiger partial charge in [0.25, 0.3) is 5.91 Å². The molecule has 1 amide bonds. The lowest BCUT2D eigenvalue weighted by Crippen LogP contribution is -2.31. The molecule has 0 aliphatic heterocycles. The van der Waals surface area contributed by atoms with Crippen LogP contribution in [0.15, 0.2) is 24.8 Å². The predicted octanol–water partition coefficient (Wildman–Crippen LogP) is 2.51. The van der Waals surface area contributed by atoms with E-state index in [0.717, 1.165) is 0 Å². The van der Waals surface area contributed by atoms with E-state index in [9.17, 15) is 22.4 Å². The van der Waals surface area contributed by atoms with Crippen LogP contribution in [0, 0.1) is 29.2 Å². The molecule has 4 nitrogen and oxygen atoms in total.